The predicted octanol–water partition coefficient (Wildman–Crippen LogP) is 3.84. The third kappa shape index (κ3) is 5.19. The van der Waals surface area contributed by atoms with E-state index in [1.807, 2.05) is 67.6 Å². The zero-order valence-corrected chi connectivity index (χ0v) is 16.6. The van der Waals surface area contributed by atoms with E-state index in [-0.39, 0.29) is 11.9 Å². The molecule has 2 aromatic carbocycles. The molecule has 0 fully saturated rings. The molecule has 3 aromatic rings. The predicted molar refractivity (Wildman–Crippen MR) is 115 cm³/mol. The van der Waals surface area contributed by atoms with Crippen molar-refractivity contribution in [2.75, 3.05) is 18.5 Å². The number of anilines is 1. The normalized spacial score (nSPS) is 10.3. The lowest BCUT2D eigenvalue weighted by molar-refractivity contribution is 0.0951. The van der Waals surface area contributed by atoms with Gasteiger partial charge in [-0.15, -0.1) is 0 Å². The minimum absolute atomic E-state index is 0.126. The molecule has 0 aliphatic heterocycles. The summed E-state index contributed by atoms with van der Waals surface area (Å²) in [5.41, 5.74) is 4.38. The van der Waals surface area contributed by atoms with Crippen LogP contribution in [0.25, 0.3) is 11.1 Å². The number of urea groups is 1. The Morgan fingerprint density at radius 3 is 2.17 bits per heavy atom. The first-order valence-corrected chi connectivity index (χ1v) is 9.47. The molecule has 0 saturated carbocycles. The topological polar surface area (TPSA) is 74.3 Å². The van der Waals surface area contributed by atoms with Gasteiger partial charge in [0.15, 0.2) is 0 Å². The maximum absolute atomic E-state index is 12.3. The van der Waals surface area contributed by atoms with Gasteiger partial charge in [-0.25, -0.2) is 4.79 Å². The number of hydrogen-bond donors (Lipinski definition) is 2. The number of pyridine rings is 1. The third-order valence-corrected chi connectivity index (χ3v) is 4.54. The van der Waals surface area contributed by atoms with Crippen molar-refractivity contribution in [1.29, 1.82) is 0 Å². The molecule has 0 radical (unpaired) electrons. The van der Waals surface area contributed by atoms with Crippen molar-refractivity contribution in [3.05, 3.63) is 84.2 Å². The number of carbonyl (C=O) groups excluding carboxylic acids is 2. The van der Waals surface area contributed by atoms with Crippen molar-refractivity contribution in [3.63, 3.8) is 0 Å². The van der Waals surface area contributed by atoms with Crippen molar-refractivity contribution in [2.45, 2.75) is 13.5 Å². The fourth-order valence-electron chi connectivity index (χ4n) is 2.87. The molecular formula is C23H24N4O2. The lowest BCUT2D eigenvalue weighted by Crippen LogP contribution is -2.36. The molecule has 2 N–H and O–H groups in total. The number of carbonyl (C=O) groups is 2. The number of aromatic nitrogens is 1. The lowest BCUT2D eigenvalue weighted by Gasteiger charge is -2.17. The van der Waals surface area contributed by atoms with Gasteiger partial charge in [-0.3, -0.25) is 14.7 Å². The van der Waals surface area contributed by atoms with E-state index >= 15 is 0 Å². The van der Waals surface area contributed by atoms with Crippen molar-refractivity contribution >= 4 is 17.6 Å². The molecule has 6 nitrogen and oxygen atoms in total. The Hall–Kier alpha value is -3.67. The minimum Gasteiger partial charge on any atom is -0.348 e. The smallest absolute Gasteiger partial charge is 0.321 e. The molecule has 0 spiro atoms. The summed E-state index contributed by atoms with van der Waals surface area (Å²) in [4.78, 5) is 29.9. The summed E-state index contributed by atoms with van der Waals surface area (Å²) in [6, 6.07) is 18.8. The van der Waals surface area contributed by atoms with Gasteiger partial charge in [0.1, 0.15) is 0 Å². The monoisotopic (exact) mass is 388 g/mol. The van der Waals surface area contributed by atoms with E-state index in [1.165, 1.54) is 0 Å². The van der Waals surface area contributed by atoms with Crippen LogP contribution in [-0.2, 0) is 6.54 Å². The van der Waals surface area contributed by atoms with E-state index < -0.39 is 0 Å². The average Bonchev–Trinajstić information content (AvgIpc) is 2.78. The second-order valence-corrected chi connectivity index (χ2v) is 6.56. The Kier molecular flexibility index (Phi) is 6.58. The molecule has 29 heavy (non-hydrogen) atoms. The molecule has 0 atom stereocenters. The second kappa shape index (κ2) is 9.50. The van der Waals surface area contributed by atoms with E-state index in [2.05, 4.69) is 15.6 Å². The van der Waals surface area contributed by atoms with Crippen LogP contribution < -0.4 is 15.5 Å². The molecule has 3 amide bonds. The highest BCUT2D eigenvalue weighted by molar-refractivity contribution is 5.94. The third-order valence-electron chi connectivity index (χ3n) is 4.54. The Morgan fingerprint density at radius 2 is 1.59 bits per heavy atom. The Labute approximate surface area is 170 Å². The highest BCUT2D eigenvalue weighted by atomic mass is 16.2. The maximum atomic E-state index is 12.3. The van der Waals surface area contributed by atoms with Crippen molar-refractivity contribution in [2.24, 2.45) is 0 Å². The minimum atomic E-state index is -0.137. The van der Waals surface area contributed by atoms with Crippen molar-refractivity contribution < 1.29 is 9.59 Å². The molecule has 0 aliphatic carbocycles. The van der Waals surface area contributed by atoms with E-state index in [0.29, 0.717) is 18.7 Å². The summed E-state index contributed by atoms with van der Waals surface area (Å²) in [5, 5.41) is 5.67. The first kappa shape index (κ1) is 20.1. The molecule has 6 heteroatoms. The largest absolute Gasteiger partial charge is 0.348 e. The summed E-state index contributed by atoms with van der Waals surface area (Å²) >= 11 is 0. The second-order valence-electron chi connectivity index (χ2n) is 6.56. The Balaban J connectivity index is 1.63. The van der Waals surface area contributed by atoms with Crippen LogP contribution in [0.2, 0.25) is 0 Å². The van der Waals surface area contributed by atoms with Gasteiger partial charge < -0.3 is 10.6 Å². The maximum Gasteiger partial charge on any atom is 0.321 e. The molecular weight excluding hydrogens is 364 g/mol. The van der Waals surface area contributed by atoms with Crippen LogP contribution in [0.1, 0.15) is 22.8 Å². The summed E-state index contributed by atoms with van der Waals surface area (Å²) in [7, 11) is 1.74. The summed E-state index contributed by atoms with van der Waals surface area (Å²) in [5.74, 6) is -0.126. The SMILES string of the molecule is CCNC(=O)N(C)c1ccc(-c2ccc(C(=O)NCc3cccnc3)cc2)cc1. The molecule has 0 unspecified atom stereocenters. The van der Waals surface area contributed by atoms with Crippen LogP contribution in [0.5, 0.6) is 0 Å². The van der Waals surface area contributed by atoms with E-state index in [9.17, 15) is 9.59 Å². The van der Waals surface area contributed by atoms with Crippen LogP contribution in [0.3, 0.4) is 0 Å². The Bertz CT molecular complexity index is 954. The number of hydrogen-bond acceptors (Lipinski definition) is 3. The number of rotatable bonds is 6. The molecule has 0 bridgehead atoms. The van der Waals surface area contributed by atoms with Gasteiger partial charge in [-0.2, -0.15) is 0 Å². The fraction of sp³-hybridized carbons (Fsp3) is 0.174. The average molecular weight is 388 g/mol. The Morgan fingerprint density at radius 1 is 0.931 bits per heavy atom. The van der Waals surface area contributed by atoms with Crippen LogP contribution in [0.15, 0.2) is 73.1 Å². The van der Waals surface area contributed by atoms with Gasteiger partial charge in [-0.1, -0.05) is 30.3 Å². The highest BCUT2D eigenvalue weighted by Gasteiger charge is 2.10. The van der Waals surface area contributed by atoms with Gasteiger partial charge in [0, 0.05) is 43.8 Å². The first-order chi connectivity index (χ1) is 14.1. The molecule has 0 aliphatic rings. The summed E-state index contributed by atoms with van der Waals surface area (Å²) in [6.07, 6.45) is 3.44. The zero-order valence-electron chi connectivity index (χ0n) is 16.6. The van der Waals surface area contributed by atoms with Gasteiger partial charge >= 0.3 is 6.03 Å². The van der Waals surface area contributed by atoms with Gasteiger partial charge in [0.05, 0.1) is 0 Å². The van der Waals surface area contributed by atoms with E-state index in [0.717, 1.165) is 22.4 Å². The van der Waals surface area contributed by atoms with Crippen LogP contribution in [-0.4, -0.2) is 30.5 Å². The van der Waals surface area contributed by atoms with Gasteiger partial charge in [0.25, 0.3) is 5.91 Å². The number of benzene rings is 2. The van der Waals surface area contributed by atoms with Crippen molar-refractivity contribution in [1.82, 2.24) is 15.6 Å². The van der Waals surface area contributed by atoms with Crippen LogP contribution in [0.4, 0.5) is 10.5 Å². The quantitative estimate of drug-likeness (QED) is 0.674. The standard InChI is InChI=1S/C23H24N4O2/c1-3-25-23(29)27(2)21-12-10-19(11-13-21)18-6-8-20(9-7-18)22(28)26-16-17-5-4-14-24-15-17/h4-15H,3,16H2,1-2H3,(H,25,29)(H,26,28). The molecule has 1 aromatic heterocycles. The van der Waals surface area contributed by atoms with Gasteiger partial charge in [-0.05, 0) is 53.9 Å². The summed E-state index contributed by atoms with van der Waals surface area (Å²) in [6.45, 7) is 2.91. The van der Waals surface area contributed by atoms with Crippen molar-refractivity contribution in [3.8, 4) is 11.1 Å². The van der Waals surface area contributed by atoms with Crippen LogP contribution >= 0.6 is 0 Å². The fourth-order valence-corrected chi connectivity index (χ4v) is 2.87. The molecule has 0 saturated heterocycles. The van der Waals surface area contributed by atoms with E-state index in [1.54, 1.807) is 24.3 Å². The first-order valence-electron chi connectivity index (χ1n) is 9.47. The molecule has 1 heterocycles. The zero-order chi connectivity index (χ0) is 20.6. The lowest BCUT2D eigenvalue weighted by atomic mass is 10.0. The molecule has 3 rings (SSSR count). The van der Waals surface area contributed by atoms with Gasteiger partial charge in [0.2, 0.25) is 0 Å². The number of amides is 3. The van der Waals surface area contributed by atoms with Crippen LogP contribution in [0, 0.1) is 0 Å². The summed E-state index contributed by atoms with van der Waals surface area (Å²) < 4.78 is 0. The number of nitrogens with zero attached hydrogens (tertiary/aromatic N) is 2. The molecule has 148 valence electrons. The highest BCUT2D eigenvalue weighted by Crippen LogP contribution is 2.23. The van der Waals surface area contributed by atoms with E-state index in [4.69, 9.17) is 0 Å². The number of nitrogens with one attached hydrogen (secondary N) is 2.